The molecule has 1 aliphatic rings. The zero-order chi connectivity index (χ0) is 9.35. The molecule has 0 aromatic heterocycles. The maximum absolute atomic E-state index is 10.4. The summed E-state index contributed by atoms with van der Waals surface area (Å²) in [5.41, 5.74) is 0.329. The van der Waals surface area contributed by atoms with Gasteiger partial charge in [0.25, 0.3) is 0 Å². The van der Waals surface area contributed by atoms with E-state index in [0.717, 1.165) is 19.5 Å². The van der Waals surface area contributed by atoms with E-state index in [1.165, 1.54) is 4.90 Å². The number of hydrogen-bond donors (Lipinski definition) is 1. The van der Waals surface area contributed by atoms with Crippen LogP contribution in [0, 0.1) is 11.3 Å². The smallest absolute Gasteiger partial charge is 0.407 e. The molecule has 0 unspecified atom stereocenters. The average molecular weight is 171 g/mol. The van der Waals surface area contributed by atoms with E-state index in [9.17, 15) is 4.79 Å². The number of amides is 1. The first kappa shape index (κ1) is 9.36. The Labute approximate surface area is 73.4 Å². The average Bonchev–Trinajstić information content (AvgIpc) is 1.74. The first-order valence-corrected chi connectivity index (χ1v) is 4.36. The highest BCUT2D eigenvalue weighted by atomic mass is 16.4. The third-order valence-corrected chi connectivity index (χ3v) is 2.13. The van der Waals surface area contributed by atoms with Crippen molar-refractivity contribution in [3.05, 3.63) is 0 Å². The van der Waals surface area contributed by atoms with E-state index in [1.807, 2.05) is 0 Å². The van der Waals surface area contributed by atoms with Crippen molar-refractivity contribution in [3.8, 4) is 0 Å². The van der Waals surface area contributed by atoms with Crippen LogP contribution in [-0.2, 0) is 0 Å². The van der Waals surface area contributed by atoms with Gasteiger partial charge in [-0.1, -0.05) is 20.8 Å². The van der Waals surface area contributed by atoms with E-state index in [0.29, 0.717) is 11.3 Å². The summed E-state index contributed by atoms with van der Waals surface area (Å²) in [6.45, 7) is 8.03. The van der Waals surface area contributed by atoms with Crippen LogP contribution in [-0.4, -0.2) is 29.2 Å². The lowest BCUT2D eigenvalue weighted by atomic mass is 9.81. The molecular weight excluding hydrogens is 154 g/mol. The molecule has 1 N–H and O–H groups in total. The molecule has 1 saturated heterocycles. The summed E-state index contributed by atoms with van der Waals surface area (Å²) in [6.07, 6.45) is 0.344. The number of nitrogens with zero attached hydrogens (tertiary/aromatic N) is 1. The van der Waals surface area contributed by atoms with Gasteiger partial charge in [-0.2, -0.15) is 0 Å². The molecule has 0 bridgehead atoms. The molecule has 0 atom stereocenters. The van der Waals surface area contributed by atoms with E-state index >= 15 is 0 Å². The Morgan fingerprint density at radius 2 is 2.00 bits per heavy atom. The third kappa shape index (κ3) is 2.40. The minimum atomic E-state index is -0.778. The van der Waals surface area contributed by atoms with Gasteiger partial charge in [0.2, 0.25) is 0 Å². The summed E-state index contributed by atoms with van der Waals surface area (Å²) in [5, 5.41) is 8.58. The highest BCUT2D eigenvalue weighted by molar-refractivity contribution is 5.65. The second-order valence-electron chi connectivity index (χ2n) is 4.82. The number of carbonyl (C=O) groups is 1. The largest absolute Gasteiger partial charge is 0.465 e. The van der Waals surface area contributed by atoms with Crippen molar-refractivity contribution in [1.82, 2.24) is 4.90 Å². The second kappa shape index (κ2) is 2.96. The molecule has 70 valence electrons. The summed E-state index contributed by atoms with van der Waals surface area (Å²) in [6, 6.07) is 0. The lowest BCUT2D eigenvalue weighted by Gasteiger charge is -2.40. The van der Waals surface area contributed by atoms with Gasteiger partial charge in [-0.3, -0.25) is 0 Å². The van der Waals surface area contributed by atoms with Gasteiger partial charge < -0.3 is 10.0 Å². The van der Waals surface area contributed by atoms with Crippen LogP contribution in [0.3, 0.4) is 0 Å². The van der Waals surface area contributed by atoms with Gasteiger partial charge in [0.05, 0.1) is 0 Å². The van der Waals surface area contributed by atoms with E-state index < -0.39 is 6.09 Å². The van der Waals surface area contributed by atoms with Crippen molar-refractivity contribution in [3.63, 3.8) is 0 Å². The Balaban J connectivity index is 2.22. The summed E-state index contributed by atoms with van der Waals surface area (Å²) in [7, 11) is 0. The fraction of sp³-hybridized carbons (Fsp3) is 0.889. The van der Waals surface area contributed by atoms with Crippen LogP contribution < -0.4 is 0 Å². The predicted molar refractivity (Wildman–Crippen MR) is 47.2 cm³/mol. The van der Waals surface area contributed by atoms with Crippen molar-refractivity contribution >= 4 is 6.09 Å². The molecule has 0 radical (unpaired) electrons. The highest BCUT2D eigenvalue weighted by Crippen LogP contribution is 2.29. The van der Waals surface area contributed by atoms with E-state index in [4.69, 9.17) is 5.11 Å². The molecule has 12 heavy (non-hydrogen) atoms. The number of rotatable bonds is 1. The summed E-state index contributed by atoms with van der Waals surface area (Å²) >= 11 is 0. The topological polar surface area (TPSA) is 40.5 Å². The van der Waals surface area contributed by atoms with Gasteiger partial charge in [0, 0.05) is 13.1 Å². The fourth-order valence-electron chi connectivity index (χ4n) is 1.72. The van der Waals surface area contributed by atoms with Crippen LogP contribution in [0.2, 0.25) is 0 Å². The Morgan fingerprint density at radius 1 is 1.50 bits per heavy atom. The zero-order valence-corrected chi connectivity index (χ0v) is 8.00. The minimum absolute atomic E-state index is 0.329. The summed E-state index contributed by atoms with van der Waals surface area (Å²) in [4.78, 5) is 11.9. The van der Waals surface area contributed by atoms with Gasteiger partial charge in [-0.15, -0.1) is 0 Å². The highest BCUT2D eigenvalue weighted by Gasteiger charge is 2.32. The summed E-state index contributed by atoms with van der Waals surface area (Å²) in [5.74, 6) is 0.584. The van der Waals surface area contributed by atoms with Gasteiger partial charge >= 0.3 is 6.09 Å². The molecule has 0 spiro atoms. The molecule has 3 nitrogen and oxygen atoms in total. The molecule has 0 aromatic rings. The molecular formula is C9H17NO2. The van der Waals surface area contributed by atoms with Crippen LogP contribution in [0.5, 0.6) is 0 Å². The van der Waals surface area contributed by atoms with E-state index in [2.05, 4.69) is 20.8 Å². The number of likely N-dealkylation sites (tertiary alicyclic amines) is 1. The molecule has 0 aromatic carbocycles. The third-order valence-electron chi connectivity index (χ3n) is 2.13. The molecule has 1 heterocycles. The Hall–Kier alpha value is -0.730. The SMILES string of the molecule is CC(C)(C)CC1CN(C(=O)O)C1. The fourth-order valence-corrected chi connectivity index (χ4v) is 1.72. The summed E-state index contributed by atoms with van der Waals surface area (Å²) < 4.78 is 0. The molecule has 3 heteroatoms. The van der Waals surface area contributed by atoms with E-state index in [-0.39, 0.29) is 0 Å². The zero-order valence-electron chi connectivity index (χ0n) is 8.00. The standard InChI is InChI=1S/C9H17NO2/c1-9(2,3)4-7-5-10(6-7)8(11)12/h7H,4-6H2,1-3H3,(H,11,12). The molecule has 0 aliphatic carbocycles. The Kier molecular flexibility index (Phi) is 2.31. The molecule has 1 aliphatic heterocycles. The number of hydrogen-bond acceptors (Lipinski definition) is 1. The van der Waals surface area contributed by atoms with Gasteiger partial charge in [-0.05, 0) is 17.8 Å². The lowest BCUT2D eigenvalue weighted by Crippen LogP contribution is -2.50. The molecule has 1 amide bonds. The van der Waals surface area contributed by atoms with Crippen LogP contribution in [0.1, 0.15) is 27.2 Å². The quantitative estimate of drug-likeness (QED) is 0.655. The van der Waals surface area contributed by atoms with Crippen molar-refractivity contribution in [2.24, 2.45) is 11.3 Å². The second-order valence-corrected chi connectivity index (χ2v) is 4.82. The van der Waals surface area contributed by atoms with Crippen molar-refractivity contribution in [2.75, 3.05) is 13.1 Å². The first-order chi connectivity index (χ1) is 5.38. The van der Waals surface area contributed by atoms with Crippen molar-refractivity contribution < 1.29 is 9.90 Å². The van der Waals surface area contributed by atoms with Gasteiger partial charge in [0.15, 0.2) is 0 Å². The van der Waals surface area contributed by atoms with Crippen LogP contribution in [0.4, 0.5) is 4.79 Å². The van der Waals surface area contributed by atoms with Crippen LogP contribution >= 0.6 is 0 Å². The normalized spacial score (nSPS) is 19.1. The van der Waals surface area contributed by atoms with Gasteiger partial charge in [-0.25, -0.2) is 4.79 Å². The predicted octanol–water partition coefficient (Wildman–Crippen LogP) is 2.03. The monoisotopic (exact) mass is 171 g/mol. The maximum atomic E-state index is 10.4. The van der Waals surface area contributed by atoms with Gasteiger partial charge in [0.1, 0.15) is 0 Å². The molecule has 1 rings (SSSR count). The Bertz CT molecular complexity index is 177. The van der Waals surface area contributed by atoms with Crippen molar-refractivity contribution in [1.29, 1.82) is 0 Å². The van der Waals surface area contributed by atoms with Crippen molar-refractivity contribution in [2.45, 2.75) is 27.2 Å². The molecule has 1 fully saturated rings. The Morgan fingerprint density at radius 3 is 2.33 bits per heavy atom. The molecule has 0 saturated carbocycles. The van der Waals surface area contributed by atoms with Crippen LogP contribution in [0.15, 0.2) is 0 Å². The minimum Gasteiger partial charge on any atom is -0.465 e. The van der Waals surface area contributed by atoms with E-state index in [1.54, 1.807) is 0 Å². The lowest BCUT2D eigenvalue weighted by molar-refractivity contribution is 0.0631. The number of carboxylic acid groups (broad SMARTS) is 1. The van der Waals surface area contributed by atoms with Crippen LogP contribution in [0.25, 0.3) is 0 Å². The first-order valence-electron chi connectivity index (χ1n) is 4.36. The maximum Gasteiger partial charge on any atom is 0.407 e.